The monoisotopic (exact) mass is 214 g/mol. The van der Waals surface area contributed by atoms with Gasteiger partial charge in [0.1, 0.15) is 23.2 Å². The highest BCUT2D eigenvalue weighted by Crippen LogP contribution is 2.17. The molecule has 5 heteroatoms. The normalized spacial score (nSPS) is 9.69. The Kier molecular flexibility index (Phi) is 2.74. The summed E-state index contributed by atoms with van der Waals surface area (Å²) in [6, 6.07) is 9.04. The second kappa shape index (κ2) is 4.36. The third-order valence-corrected chi connectivity index (χ3v) is 2.21. The third-order valence-electron chi connectivity index (χ3n) is 2.21. The average Bonchev–Trinajstić information content (AvgIpc) is 2.75. The van der Waals surface area contributed by atoms with E-state index in [9.17, 15) is 5.11 Å². The van der Waals surface area contributed by atoms with Crippen LogP contribution in [0.4, 0.5) is 5.82 Å². The smallest absolute Gasteiger partial charge is 0.139 e. The molecule has 0 spiro atoms. The van der Waals surface area contributed by atoms with E-state index in [1.807, 2.05) is 18.2 Å². The van der Waals surface area contributed by atoms with Crippen LogP contribution in [-0.2, 0) is 6.54 Å². The van der Waals surface area contributed by atoms with E-state index in [-0.39, 0.29) is 5.75 Å². The predicted molar refractivity (Wildman–Crippen MR) is 58.7 cm³/mol. The van der Waals surface area contributed by atoms with Crippen LogP contribution < -0.4 is 5.32 Å². The van der Waals surface area contributed by atoms with Crippen molar-refractivity contribution in [2.75, 3.05) is 5.32 Å². The molecule has 0 aliphatic heterocycles. The molecule has 1 aromatic carbocycles. The van der Waals surface area contributed by atoms with Crippen LogP contribution in [0.5, 0.6) is 5.75 Å². The summed E-state index contributed by atoms with van der Waals surface area (Å²) >= 11 is 0. The minimum Gasteiger partial charge on any atom is -0.508 e. The number of nitriles is 1. The first-order valence-electron chi connectivity index (χ1n) is 4.75. The predicted octanol–water partition coefficient (Wildman–Crippen LogP) is 1.60. The molecular formula is C11H10N4O. The number of aromatic hydroxyl groups is 1. The van der Waals surface area contributed by atoms with E-state index in [4.69, 9.17) is 5.26 Å². The summed E-state index contributed by atoms with van der Waals surface area (Å²) in [5, 5.41) is 27.7. The van der Waals surface area contributed by atoms with Gasteiger partial charge in [0.05, 0.1) is 6.20 Å². The fourth-order valence-electron chi connectivity index (χ4n) is 1.35. The van der Waals surface area contributed by atoms with Gasteiger partial charge in [0.25, 0.3) is 0 Å². The molecule has 2 aromatic rings. The molecule has 0 amide bonds. The summed E-state index contributed by atoms with van der Waals surface area (Å²) < 4.78 is 0. The first-order valence-corrected chi connectivity index (χ1v) is 4.75. The quantitative estimate of drug-likeness (QED) is 0.724. The van der Waals surface area contributed by atoms with Crippen molar-refractivity contribution in [1.82, 2.24) is 10.2 Å². The molecular weight excluding hydrogens is 204 g/mol. The highest BCUT2D eigenvalue weighted by Gasteiger charge is 2.04. The fourth-order valence-corrected chi connectivity index (χ4v) is 1.35. The SMILES string of the molecule is N#Cc1cn[nH]c1NCc1ccccc1O. The zero-order chi connectivity index (χ0) is 11.4. The summed E-state index contributed by atoms with van der Waals surface area (Å²) in [6.07, 6.45) is 1.45. The zero-order valence-corrected chi connectivity index (χ0v) is 8.44. The van der Waals surface area contributed by atoms with Crippen LogP contribution in [-0.4, -0.2) is 15.3 Å². The van der Waals surface area contributed by atoms with E-state index in [1.165, 1.54) is 6.20 Å². The average molecular weight is 214 g/mol. The lowest BCUT2D eigenvalue weighted by atomic mass is 10.2. The Morgan fingerprint density at radius 1 is 1.44 bits per heavy atom. The van der Waals surface area contributed by atoms with Gasteiger partial charge in [0, 0.05) is 12.1 Å². The number of aromatic amines is 1. The molecule has 0 saturated heterocycles. The van der Waals surface area contributed by atoms with E-state index in [1.54, 1.807) is 12.1 Å². The molecule has 0 atom stereocenters. The molecule has 0 saturated carbocycles. The second-order valence-electron chi connectivity index (χ2n) is 3.25. The molecule has 2 rings (SSSR count). The maximum absolute atomic E-state index is 9.53. The van der Waals surface area contributed by atoms with Gasteiger partial charge in [-0.25, -0.2) is 0 Å². The number of para-hydroxylation sites is 1. The van der Waals surface area contributed by atoms with Gasteiger partial charge in [-0.1, -0.05) is 18.2 Å². The van der Waals surface area contributed by atoms with E-state index in [0.29, 0.717) is 17.9 Å². The molecule has 0 aliphatic rings. The van der Waals surface area contributed by atoms with Crippen molar-refractivity contribution >= 4 is 5.82 Å². The van der Waals surface area contributed by atoms with Crippen molar-refractivity contribution in [2.45, 2.75) is 6.54 Å². The van der Waals surface area contributed by atoms with Gasteiger partial charge in [0.15, 0.2) is 0 Å². The minimum atomic E-state index is 0.230. The second-order valence-corrected chi connectivity index (χ2v) is 3.25. The molecule has 1 aromatic heterocycles. The molecule has 80 valence electrons. The van der Waals surface area contributed by atoms with E-state index in [2.05, 4.69) is 15.5 Å². The van der Waals surface area contributed by atoms with Gasteiger partial charge in [-0.3, -0.25) is 5.10 Å². The number of anilines is 1. The number of hydrogen-bond donors (Lipinski definition) is 3. The fraction of sp³-hybridized carbons (Fsp3) is 0.0909. The van der Waals surface area contributed by atoms with E-state index < -0.39 is 0 Å². The third kappa shape index (κ3) is 1.96. The number of rotatable bonds is 3. The summed E-state index contributed by atoms with van der Waals surface area (Å²) in [4.78, 5) is 0. The lowest BCUT2D eigenvalue weighted by molar-refractivity contribution is 0.469. The van der Waals surface area contributed by atoms with Crippen molar-refractivity contribution in [3.05, 3.63) is 41.6 Å². The molecule has 5 nitrogen and oxygen atoms in total. The van der Waals surface area contributed by atoms with E-state index >= 15 is 0 Å². The number of aromatic nitrogens is 2. The van der Waals surface area contributed by atoms with Crippen molar-refractivity contribution in [2.24, 2.45) is 0 Å². The van der Waals surface area contributed by atoms with Gasteiger partial charge in [-0.05, 0) is 6.07 Å². The van der Waals surface area contributed by atoms with Crippen molar-refractivity contribution in [3.8, 4) is 11.8 Å². The molecule has 1 heterocycles. The lowest BCUT2D eigenvalue weighted by Gasteiger charge is -2.05. The molecule has 3 N–H and O–H groups in total. The largest absolute Gasteiger partial charge is 0.508 e. The molecule has 0 fully saturated rings. The van der Waals surface area contributed by atoms with Crippen molar-refractivity contribution in [1.29, 1.82) is 5.26 Å². The number of hydrogen-bond acceptors (Lipinski definition) is 4. The minimum absolute atomic E-state index is 0.230. The molecule has 0 aliphatic carbocycles. The number of benzene rings is 1. The number of phenols is 1. The molecule has 16 heavy (non-hydrogen) atoms. The van der Waals surface area contributed by atoms with Crippen LogP contribution in [0.2, 0.25) is 0 Å². The van der Waals surface area contributed by atoms with Crippen molar-refractivity contribution in [3.63, 3.8) is 0 Å². The highest BCUT2D eigenvalue weighted by atomic mass is 16.3. The van der Waals surface area contributed by atoms with Gasteiger partial charge >= 0.3 is 0 Å². The standard InChI is InChI=1S/C11H10N4O/c12-5-9-7-14-15-11(9)13-6-8-3-1-2-4-10(8)16/h1-4,7,16H,6H2,(H2,13,14,15). The summed E-state index contributed by atoms with van der Waals surface area (Å²) in [6.45, 7) is 0.434. The maximum atomic E-state index is 9.53. The van der Waals surface area contributed by atoms with Gasteiger partial charge in [-0.2, -0.15) is 10.4 Å². The first-order chi connectivity index (χ1) is 7.81. The summed E-state index contributed by atoms with van der Waals surface area (Å²) in [5.74, 6) is 0.791. The maximum Gasteiger partial charge on any atom is 0.139 e. The molecule has 0 bridgehead atoms. The Labute approximate surface area is 92.4 Å². The van der Waals surface area contributed by atoms with Crippen LogP contribution in [0.3, 0.4) is 0 Å². The zero-order valence-electron chi connectivity index (χ0n) is 8.44. The van der Waals surface area contributed by atoms with Crippen molar-refractivity contribution < 1.29 is 5.11 Å². The molecule has 0 unspecified atom stereocenters. The lowest BCUT2D eigenvalue weighted by Crippen LogP contribution is -2.01. The van der Waals surface area contributed by atoms with Gasteiger partial charge in [-0.15, -0.1) is 0 Å². The Morgan fingerprint density at radius 3 is 3.00 bits per heavy atom. The first kappa shape index (κ1) is 10.1. The number of nitrogens with zero attached hydrogens (tertiary/aromatic N) is 2. The number of phenolic OH excluding ortho intramolecular Hbond substituents is 1. The summed E-state index contributed by atoms with van der Waals surface area (Å²) in [5.41, 5.74) is 1.22. The highest BCUT2D eigenvalue weighted by molar-refractivity contribution is 5.51. The Morgan fingerprint density at radius 2 is 2.25 bits per heavy atom. The van der Waals surface area contributed by atoms with Crippen LogP contribution in [0, 0.1) is 11.3 Å². The van der Waals surface area contributed by atoms with Crippen LogP contribution >= 0.6 is 0 Å². The van der Waals surface area contributed by atoms with E-state index in [0.717, 1.165) is 5.56 Å². The van der Waals surface area contributed by atoms with Gasteiger partial charge < -0.3 is 10.4 Å². The Hall–Kier alpha value is -2.48. The van der Waals surface area contributed by atoms with Crippen LogP contribution in [0.25, 0.3) is 0 Å². The number of nitrogens with one attached hydrogen (secondary N) is 2. The number of H-pyrrole nitrogens is 1. The van der Waals surface area contributed by atoms with Gasteiger partial charge in [0.2, 0.25) is 0 Å². The Balaban J connectivity index is 2.09. The van der Waals surface area contributed by atoms with Crippen LogP contribution in [0.1, 0.15) is 11.1 Å². The van der Waals surface area contributed by atoms with Crippen LogP contribution in [0.15, 0.2) is 30.5 Å². The molecule has 0 radical (unpaired) electrons. The topological polar surface area (TPSA) is 84.7 Å². The summed E-state index contributed by atoms with van der Waals surface area (Å²) in [7, 11) is 0. The Bertz CT molecular complexity index is 525.